The van der Waals surface area contributed by atoms with E-state index in [0.717, 1.165) is 40.9 Å². The van der Waals surface area contributed by atoms with Crippen molar-refractivity contribution in [3.8, 4) is 0 Å². The van der Waals surface area contributed by atoms with Gasteiger partial charge in [-0.05, 0) is 30.9 Å². The number of para-hydroxylation sites is 1. The van der Waals surface area contributed by atoms with Crippen LogP contribution in [0, 0.1) is 5.92 Å². The molecule has 6 heteroatoms. The summed E-state index contributed by atoms with van der Waals surface area (Å²) >= 11 is 1.61. The molecule has 1 atom stereocenters. The molecule has 2 amide bonds. The van der Waals surface area contributed by atoms with Crippen molar-refractivity contribution in [1.82, 2.24) is 15.2 Å². The highest BCUT2D eigenvalue weighted by molar-refractivity contribution is 7.18. The summed E-state index contributed by atoms with van der Waals surface area (Å²) in [5.41, 5.74) is 0.965. The van der Waals surface area contributed by atoms with Crippen molar-refractivity contribution in [2.75, 3.05) is 7.05 Å². The minimum Gasteiger partial charge on any atom is -0.344 e. The standard InChI is InChI=1S/C18H23N3O2S/c1-12(22)19-17(13-7-3-4-8-13)18(23)21(2)11-16-20-14-9-5-6-10-15(14)24-16/h5-6,9-10,13,17H,3-4,7-8,11H2,1-2H3,(H,19,22)/t17-/m1/s1. The molecule has 0 saturated heterocycles. The minimum absolute atomic E-state index is 0.0173. The summed E-state index contributed by atoms with van der Waals surface area (Å²) in [5, 5.41) is 3.78. The van der Waals surface area contributed by atoms with E-state index in [4.69, 9.17) is 0 Å². The predicted octanol–water partition coefficient (Wildman–Crippen LogP) is 2.95. The van der Waals surface area contributed by atoms with Crippen LogP contribution < -0.4 is 5.32 Å². The van der Waals surface area contributed by atoms with Crippen LogP contribution in [0.1, 0.15) is 37.6 Å². The first-order chi connectivity index (χ1) is 11.5. The smallest absolute Gasteiger partial charge is 0.245 e. The number of thiazole rings is 1. The fraction of sp³-hybridized carbons (Fsp3) is 0.500. The first-order valence-corrected chi connectivity index (χ1v) is 9.23. The molecule has 1 fully saturated rings. The molecule has 1 N–H and O–H groups in total. The second kappa shape index (κ2) is 7.30. The van der Waals surface area contributed by atoms with Gasteiger partial charge in [-0.3, -0.25) is 9.59 Å². The molecule has 1 aromatic carbocycles. The van der Waals surface area contributed by atoms with Crippen LogP contribution in [0.15, 0.2) is 24.3 Å². The Balaban J connectivity index is 1.72. The molecule has 1 saturated carbocycles. The Morgan fingerprint density at radius 1 is 1.33 bits per heavy atom. The third kappa shape index (κ3) is 3.75. The Morgan fingerprint density at radius 3 is 2.71 bits per heavy atom. The van der Waals surface area contributed by atoms with Crippen molar-refractivity contribution in [1.29, 1.82) is 0 Å². The zero-order valence-corrected chi connectivity index (χ0v) is 14.9. The second-order valence-electron chi connectivity index (χ2n) is 6.49. The molecule has 0 unspecified atom stereocenters. The van der Waals surface area contributed by atoms with Crippen LogP contribution in [0.4, 0.5) is 0 Å². The minimum atomic E-state index is -0.413. The lowest BCUT2D eigenvalue weighted by molar-refractivity contribution is -0.137. The number of nitrogens with zero attached hydrogens (tertiary/aromatic N) is 2. The molecule has 128 valence electrons. The fourth-order valence-electron chi connectivity index (χ4n) is 3.40. The predicted molar refractivity (Wildman–Crippen MR) is 95.7 cm³/mol. The van der Waals surface area contributed by atoms with Gasteiger partial charge in [-0.15, -0.1) is 11.3 Å². The summed E-state index contributed by atoms with van der Waals surface area (Å²) < 4.78 is 1.13. The molecule has 5 nitrogen and oxygen atoms in total. The highest BCUT2D eigenvalue weighted by Crippen LogP contribution is 2.29. The summed E-state index contributed by atoms with van der Waals surface area (Å²) in [6, 6.07) is 7.57. The van der Waals surface area contributed by atoms with Gasteiger partial charge in [0.2, 0.25) is 11.8 Å². The number of hydrogen-bond donors (Lipinski definition) is 1. The molecule has 1 aliphatic carbocycles. The van der Waals surface area contributed by atoms with Crippen molar-refractivity contribution in [2.45, 2.75) is 45.2 Å². The lowest BCUT2D eigenvalue weighted by Crippen LogP contribution is -2.50. The van der Waals surface area contributed by atoms with E-state index in [0.29, 0.717) is 6.54 Å². The summed E-state index contributed by atoms with van der Waals surface area (Å²) in [7, 11) is 1.79. The van der Waals surface area contributed by atoms with Crippen LogP contribution in [0.25, 0.3) is 10.2 Å². The molecule has 1 aromatic heterocycles. The Labute approximate surface area is 146 Å². The lowest BCUT2D eigenvalue weighted by atomic mass is 9.97. The van der Waals surface area contributed by atoms with E-state index in [1.165, 1.54) is 6.92 Å². The van der Waals surface area contributed by atoms with E-state index in [1.54, 1.807) is 23.3 Å². The average Bonchev–Trinajstić information content (AvgIpc) is 3.20. The van der Waals surface area contributed by atoms with Crippen LogP contribution in [-0.4, -0.2) is 34.8 Å². The van der Waals surface area contributed by atoms with Gasteiger partial charge in [0.05, 0.1) is 16.8 Å². The quantitative estimate of drug-likeness (QED) is 0.906. The highest BCUT2D eigenvalue weighted by Gasteiger charge is 2.33. The van der Waals surface area contributed by atoms with Gasteiger partial charge in [-0.1, -0.05) is 25.0 Å². The van der Waals surface area contributed by atoms with Crippen molar-refractivity contribution in [2.24, 2.45) is 5.92 Å². The fourth-order valence-corrected chi connectivity index (χ4v) is 4.42. The van der Waals surface area contributed by atoms with E-state index in [9.17, 15) is 9.59 Å². The van der Waals surface area contributed by atoms with Gasteiger partial charge in [0.15, 0.2) is 0 Å². The van der Waals surface area contributed by atoms with Gasteiger partial charge in [-0.2, -0.15) is 0 Å². The van der Waals surface area contributed by atoms with Crippen LogP contribution >= 0.6 is 11.3 Å². The maximum atomic E-state index is 12.9. The monoisotopic (exact) mass is 345 g/mol. The Morgan fingerprint density at radius 2 is 2.04 bits per heavy atom. The largest absolute Gasteiger partial charge is 0.344 e. The van der Waals surface area contributed by atoms with Crippen LogP contribution in [-0.2, 0) is 16.1 Å². The molecule has 1 aliphatic rings. The summed E-state index contributed by atoms with van der Waals surface area (Å²) in [6.07, 6.45) is 4.28. The molecule has 1 heterocycles. The zero-order valence-electron chi connectivity index (χ0n) is 14.1. The maximum absolute atomic E-state index is 12.9. The third-order valence-electron chi connectivity index (χ3n) is 4.58. The zero-order chi connectivity index (χ0) is 17.1. The van der Waals surface area contributed by atoms with Crippen molar-refractivity contribution >= 4 is 33.4 Å². The van der Waals surface area contributed by atoms with E-state index in [-0.39, 0.29) is 17.7 Å². The maximum Gasteiger partial charge on any atom is 0.245 e. The summed E-state index contributed by atoms with van der Waals surface area (Å²) in [6.45, 7) is 1.95. The van der Waals surface area contributed by atoms with Gasteiger partial charge in [0, 0.05) is 14.0 Å². The molecule has 24 heavy (non-hydrogen) atoms. The number of hydrogen-bond acceptors (Lipinski definition) is 4. The van der Waals surface area contributed by atoms with E-state index >= 15 is 0 Å². The number of rotatable bonds is 5. The molecule has 2 aromatic rings. The Bertz CT molecular complexity index is 704. The van der Waals surface area contributed by atoms with E-state index < -0.39 is 6.04 Å². The SMILES string of the molecule is CC(=O)N[C@@H](C(=O)N(C)Cc1nc2ccccc2s1)C1CCCC1. The number of likely N-dealkylation sites (N-methyl/N-ethyl adjacent to an activating group) is 1. The van der Waals surface area contributed by atoms with Gasteiger partial charge >= 0.3 is 0 Å². The summed E-state index contributed by atoms with van der Waals surface area (Å²) in [5.74, 6) is 0.0872. The van der Waals surface area contributed by atoms with Gasteiger partial charge in [0.25, 0.3) is 0 Å². The molecule has 0 radical (unpaired) electrons. The number of amides is 2. The van der Waals surface area contributed by atoms with Gasteiger partial charge in [0.1, 0.15) is 11.0 Å². The van der Waals surface area contributed by atoms with E-state index in [1.807, 2.05) is 24.3 Å². The first kappa shape index (κ1) is 16.9. The topological polar surface area (TPSA) is 62.3 Å². The molecule has 0 bridgehead atoms. The molecule has 0 aliphatic heterocycles. The van der Waals surface area contributed by atoms with Gasteiger partial charge in [-0.25, -0.2) is 4.98 Å². The van der Waals surface area contributed by atoms with Crippen LogP contribution in [0.5, 0.6) is 0 Å². The molecular weight excluding hydrogens is 322 g/mol. The molecular formula is C18H23N3O2S. The van der Waals surface area contributed by atoms with Gasteiger partial charge < -0.3 is 10.2 Å². The van der Waals surface area contributed by atoms with Crippen molar-refractivity contribution in [3.63, 3.8) is 0 Å². The highest BCUT2D eigenvalue weighted by atomic mass is 32.1. The average molecular weight is 345 g/mol. The number of carbonyl (C=O) groups excluding carboxylic acids is 2. The third-order valence-corrected chi connectivity index (χ3v) is 5.60. The lowest BCUT2D eigenvalue weighted by Gasteiger charge is -2.27. The molecule has 3 rings (SSSR count). The van der Waals surface area contributed by atoms with Crippen LogP contribution in [0.3, 0.4) is 0 Å². The number of fused-ring (bicyclic) bond motifs is 1. The summed E-state index contributed by atoms with van der Waals surface area (Å²) in [4.78, 5) is 30.7. The van der Waals surface area contributed by atoms with Crippen LogP contribution in [0.2, 0.25) is 0 Å². The number of carbonyl (C=O) groups is 2. The number of benzene rings is 1. The van der Waals surface area contributed by atoms with Crippen molar-refractivity contribution < 1.29 is 9.59 Å². The second-order valence-corrected chi connectivity index (χ2v) is 7.61. The van der Waals surface area contributed by atoms with E-state index in [2.05, 4.69) is 10.3 Å². The molecule has 0 spiro atoms. The Hall–Kier alpha value is -1.95. The number of aromatic nitrogens is 1. The number of nitrogens with one attached hydrogen (secondary N) is 1. The Kier molecular flexibility index (Phi) is 5.14. The van der Waals surface area contributed by atoms with Crippen molar-refractivity contribution in [3.05, 3.63) is 29.3 Å². The first-order valence-electron chi connectivity index (χ1n) is 8.41. The normalized spacial score (nSPS) is 16.2.